The van der Waals surface area contributed by atoms with Crippen LogP contribution in [0.2, 0.25) is 5.02 Å². The van der Waals surface area contributed by atoms with Gasteiger partial charge in [-0.1, -0.05) is 11.6 Å². The Morgan fingerprint density at radius 2 is 1.60 bits per heavy atom. The first-order valence-electron chi connectivity index (χ1n) is 7.39. The summed E-state index contributed by atoms with van der Waals surface area (Å²) in [6.45, 7) is 0. The molecule has 4 rings (SSSR count). The highest BCUT2D eigenvalue weighted by atomic mass is 35.5. The molecule has 126 valence electrons. The summed E-state index contributed by atoms with van der Waals surface area (Å²) in [5.74, 6) is -0.288. The molecule has 0 atom stereocenters. The molecule has 0 radical (unpaired) electrons. The highest BCUT2D eigenvalue weighted by molar-refractivity contribution is 6.37. The monoisotopic (exact) mass is 357 g/mol. The second-order valence-electron chi connectivity index (χ2n) is 5.93. The summed E-state index contributed by atoms with van der Waals surface area (Å²) >= 11 is 6.29. The van der Waals surface area contributed by atoms with Gasteiger partial charge < -0.3 is 5.11 Å². The number of hydrogen-bond donors (Lipinski definition) is 1. The second kappa shape index (κ2) is 4.80. The van der Waals surface area contributed by atoms with Gasteiger partial charge in [0.1, 0.15) is 0 Å². The summed E-state index contributed by atoms with van der Waals surface area (Å²) in [6.07, 6.45) is 0. The molecule has 0 spiro atoms. The van der Waals surface area contributed by atoms with Crippen LogP contribution in [0.25, 0.3) is 32.7 Å². The Bertz CT molecular complexity index is 1400. The third-order valence-corrected chi connectivity index (χ3v) is 5.01. The molecule has 25 heavy (non-hydrogen) atoms. The molecule has 2 aliphatic rings. The van der Waals surface area contributed by atoms with Crippen LogP contribution in [-0.2, 0) is 14.1 Å². The third kappa shape index (κ3) is 1.70. The van der Waals surface area contributed by atoms with Crippen LogP contribution in [0.1, 0.15) is 0 Å². The maximum absolute atomic E-state index is 12.7. The van der Waals surface area contributed by atoms with E-state index in [0.29, 0.717) is 10.7 Å². The van der Waals surface area contributed by atoms with E-state index in [4.69, 9.17) is 11.6 Å². The highest BCUT2D eigenvalue weighted by Crippen LogP contribution is 2.39. The molecule has 2 aromatic rings. The topological polar surface area (TPSA) is 93.7 Å². The van der Waals surface area contributed by atoms with E-state index in [-0.39, 0.29) is 38.2 Å². The van der Waals surface area contributed by atoms with Gasteiger partial charge in [0.2, 0.25) is 5.88 Å². The van der Waals surface area contributed by atoms with Gasteiger partial charge >= 0.3 is 0 Å². The molecule has 0 unspecified atom stereocenters. The maximum atomic E-state index is 12.7. The molecule has 0 amide bonds. The van der Waals surface area contributed by atoms with E-state index in [2.05, 4.69) is 4.99 Å². The van der Waals surface area contributed by atoms with Gasteiger partial charge in [0.05, 0.1) is 26.7 Å². The zero-order valence-electron chi connectivity index (χ0n) is 13.5. The molecule has 8 heteroatoms. The number of benzene rings is 2. The predicted molar refractivity (Wildman–Crippen MR) is 95.4 cm³/mol. The summed E-state index contributed by atoms with van der Waals surface area (Å²) < 4.78 is 2.06. The Morgan fingerprint density at radius 1 is 0.960 bits per heavy atom. The smallest absolute Gasteiger partial charge is 0.263 e. The van der Waals surface area contributed by atoms with Crippen molar-refractivity contribution < 1.29 is 5.11 Å². The van der Waals surface area contributed by atoms with Crippen LogP contribution in [-0.4, -0.2) is 21.3 Å². The average Bonchev–Trinajstić information content (AvgIpc) is 2.60. The Balaban J connectivity index is 2.63. The lowest BCUT2D eigenvalue weighted by molar-refractivity contribution is 0.431. The van der Waals surface area contributed by atoms with Gasteiger partial charge in [-0.05, 0) is 12.1 Å². The van der Waals surface area contributed by atoms with Crippen LogP contribution in [0.5, 0.6) is 5.88 Å². The van der Waals surface area contributed by atoms with E-state index in [9.17, 15) is 19.5 Å². The lowest BCUT2D eigenvalue weighted by atomic mass is 9.90. The van der Waals surface area contributed by atoms with Crippen LogP contribution >= 0.6 is 11.6 Å². The molecule has 1 N–H and O–H groups in total. The Kier molecular flexibility index (Phi) is 2.99. The van der Waals surface area contributed by atoms with Crippen molar-refractivity contribution in [1.82, 2.24) is 9.13 Å². The largest absolute Gasteiger partial charge is 0.494 e. The molecule has 0 fully saturated rings. The van der Waals surface area contributed by atoms with E-state index < -0.39 is 16.7 Å². The molecular weight excluding hydrogens is 346 g/mol. The van der Waals surface area contributed by atoms with Gasteiger partial charge in [-0.15, -0.1) is 0 Å². The van der Waals surface area contributed by atoms with Crippen molar-refractivity contribution in [2.45, 2.75) is 0 Å². The van der Waals surface area contributed by atoms with Crippen molar-refractivity contribution in [1.29, 1.82) is 0 Å². The summed E-state index contributed by atoms with van der Waals surface area (Å²) in [7, 11) is 4.31. The molecule has 1 aromatic heterocycles. The molecule has 0 saturated carbocycles. The average molecular weight is 358 g/mol. The van der Waals surface area contributed by atoms with Crippen molar-refractivity contribution >= 4 is 33.1 Å². The van der Waals surface area contributed by atoms with Crippen LogP contribution in [0, 0.1) is 0 Å². The SMILES string of the molecule is CN=c1cc2c(=O)n(C)c(=O)c3c(Cl)cc4c(O)n(C)c(=O)c1c4c3-2. The molecule has 1 aliphatic heterocycles. The normalized spacial score (nSPS) is 12.9. The number of nitrogens with zero attached hydrogens (tertiary/aromatic N) is 3. The molecule has 1 aliphatic carbocycles. The summed E-state index contributed by atoms with van der Waals surface area (Å²) in [6, 6.07) is 2.92. The van der Waals surface area contributed by atoms with E-state index in [1.165, 1.54) is 33.3 Å². The van der Waals surface area contributed by atoms with E-state index in [0.717, 1.165) is 9.13 Å². The van der Waals surface area contributed by atoms with Crippen molar-refractivity contribution in [2.24, 2.45) is 19.1 Å². The van der Waals surface area contributed by atoms with Gasteiger partial charge in [-0.25, -0.2) is 0 Å². The minimum absolute atomic E-state index is 0.106. The summed E-state index contributed by atoms with van der Waals surface area (Å²) in [5, 5.41) is 11.8. The van der Waals surface area contributed by atoms with Crippen molar-refractivity contribution in [3.63, 3.8) is 0 Å². The van der Waals surface area contributed by atoms with Gasteiger partial charge in [-0.3, -0.25) is 28.5 Å². The molecular formula is C17H12ClN3O4. The number of hydrogen-bond acceptors (Lipinski definition) is 5. The van der Waals surface area contributed by atoms with Gasteiger partial charge in [0, 0.05) is 37.5 Å². The highest BCUT2D eigenvalue weighted by Gasteiger charge is 2.27. The Labute approximate surface area is 144 Å². The Hall–Kier alpha value is -2.93. The number of aromatic hydroxyl groups is 1. The molecule has 0 bridgehead atoms. The van der Waals surface area contributed by atoms with Crippen molar-refractivity contribution in [2.75, 3.05) is 7.05 Å². The zero-order chi connectivity index (χ0) is 18.2. The Morgan fingerprint density at radius 3 is 2.24 bits per heavy atom. The maximum Gasteiger partial charge on any atom is 0.263 e. The minimum Gasteiger partial charge on any atom is -0.494 e. The van der Waals surface area contributed by atoms with Crippen LogP contribution < -0.4 is 22.0 Å². The van der Waals surface area contributed by atoms with Crippen LogP contribution in [0.3, 0.4) is 0 Å². The fourth-order valence-electron chi connectivity index (χ4n) is 3.42. The summed E-state index contributed by atoms with van der Waals surface area (Å²) in [5.41, 5.74) is -1.01. The first-order chi connectivity index (χ1) is 11.8. The van der Waals surface area contributed by atoms with Crippen LogP contribution in [0.15, 0.2) is 31.5 Å². The van der Waals surface area contributed by atoms with Gasteiger partial charge in [-0.2, -0.15) is 0 Å². The van der Waals surface area contributed by atoms with Gasteiger partial charge in [0.25, 0.3) is 16.7 Å². The molecule has 7 nitrogen and oxygen atoms in total. The summed E-state index contributed by atoms with van der Waals surface area (Å²) in [4.78, 5) is 42.0. The zero-order valence-corrected chi connectivity index (χ0v) is 14.3. The van der Waals surface area contributed by atoms with E-state index in [1.807, 2.05) is 0 Å². The third-order valence-electron chi connectivity index (χ3n) is 4.71. The number of pyridine rings is 2. The minimum atomic E-state index is -0.549. The lowest BCUT2D eigenvalue weighted by Gasteiger charge is -2.18. The standard InChI is InChI=1S/C17H12ClN3O4/c1-19-9-5-7-10-11-6(14(22)21(3)17(25)13(9)11)4-8(18)12(10)16(24)20(2)15(7)23/h4-5,22H,1-3H3. The van der Waals surface area contributed by atoms with Crippen molar-refractivity contribution in [3.8, 4) is 17.0 Å². The molecule has 2 heterocycles. The number of aromatic nitrogens is 2. The lowest BCUT2D eigenvalue weighted by Crippen LogP contribution is -2.34. The first-order valence-corrected chi connectivity index (χ1v) is 7.77. The quantitative estimate of drug-likeness (QED) is 0.467. The van der Waals surface area contributed by atoms with Crippen LogP contribution in [0.4, 0.5) is 0 Å². The predicted octanol–water partition coefficient (Wildman–Crippen LogP) is 0.620. The molecule has 0 saturated heterocycles. The number of rotatable bonds is 0. The fraction of sp³-hybridized carbons (Fsp3) is 0.176. The molecule has 1 aromatic carbocycles. The van der Waals surface area contributed by atoms with Crippen molar-refractivity contribution in [3.05, 3.63) is 53.6 Å². The second-order valence-corrected chi connectivity index (χ2v) is 6.34. The first kappa shape index (κ1) is 15.6. The number of halogens is 1. The fourth-order valence-corrected chi connectivity index (χ4v) is 3.70. The van der Waals surface area contributed by atoms with E-state index in [1.54, 1.807) is 0 Å². The van der Waals surface area contributed by atoms with E-state index >= 15 is 0 Å². The van der Waals surface area contributed by atoms with Gasteiger partial charge in [0.15, 0.2) is 0 Å².